The second kappa shape index (κ2) is 8.55. The standard InChI is InChI=1S/C24H21NO6/c1-30-18-6-4-5-16(13-18)21(26)14-31-24(29)15-9-11-17(12-10-15)25-22(27)19-7-2-3-8-20(19)23(25)28/h2-6,9-13,19-20H,7-8,14H2,1H3/t19-,20-/m1/s1. The van der Waals surface area contributed by atoms with Gasteiger partial charge >= 0.3 is 5.97 Å². The number of rotatable bonds is 6. The van der Waals surface area contributed by atoms with Crippen molar-refractivity contribution in [2.24, 2.45) is 11.8 Å². The molecule has 1 saturated heterocycles. The molecule has 2 amide bonds. The lowest BCUT2D eigenvalue weighted by Crippen LogP contribution is -2.30. The molecule has 2 aromatic carbocycles. The van der Waals surface area contributed by atoms with Crippen LogP contribution in [0.2, 0.25) is 0 Å². The van der Waals surface area contributed by atoms with Crippen LogP contribution in [0.1, 0.15) is 33.6 Å². The summed E-state index contributed by atoms with van der Waals surface area (Å²) in [5, 5.41) is 0. The van der Waals surface area contributed by atoms with Crippen LogP contribution in [0.15, 0.2) is 60.7 Å². The molecule has 2 aliphatic rings. The molecule has 1 fully saturated rings. The zero-order valence-corrected chi connectivity index (χ0v) is 16.9. The number of Topliss-reactive ketones (excluding diaryl/α,β-unsaturated/α-hetero) is 1. The average molecular weight is 419 g/mol. The molecule has 2 aromatic rings. The molecule has 0 bridgehead atoms. The van der Waals surface area contributed by atoms with Crippen molar-refractivity contribution in [2.75, 3.05) is 18.6 Å². The van der Waals surface area contributed by atoms with Crippen LogP contribution in [0.25, 0.3) is 0 Å². The van der Waals surface area contributed by atoms with Gasteiger partial charge in [-0.25, -0.2) is 4.79 Å². The summed E-state index contributed by atoms with van der Waals surface area (Å²) in [5.74, 6) is -1.53. The van der Waals surface area contributed by atoms with Gasteiger partial charge < -0.3 is 9.47 Å². The summed E-state index contributed by atoms with van der Waals surface area (Å²) >= 11 is 0. The number of nitrogens with zero attached hydrogens (tertiary/aromatic N) is 1. The van der Waals surface area contributed by atoms with Crippen molar-refractivity contribution in [3.05, 3.63) is 71.8 Å². The Labute approximate surface area is 179 Å². The monoisotopic (exact) mass is 419 g/mol. The van der Waals surface area contributed by atoms with Gasteiger partial charge in [-0.05, 0) is 49.2 Å². The van der Waals surface area contributed by atoms with Crippen LogP contribution in [-0.2, 0) is 14.3 Å². The minimum absolute atomic E-state index is 0.210. The number of hydrogen-bond donors (Lipinski definition) is 0. The third kappa shape index (κ3) is 3.99. The highest BCUT2D eigenvalue weighted by Crippen LogP contribution is 2.37. The number of allylic oxidation sites excluding steroid dienone is 2. The number of imide groups is 1. The zero-order valence-electron chi connectivity index (χ0n) is 16.9. The lowest BCUT2D eigenvalue weighted by Gasteiger charge is -2.15. The number of benzene rings is 2. The quantitative estimate of drug-likeness (QED) is 0.309. The van der Waals surface area contributed by atoms with Gasteiger partial charge in [-0.2, -0.15) is 0 Å². The fraction of sp³-hybridized carbons (Fsp3) is 0.250. The smallest absolute Gasteiger partial charge is 0.338 e. The molecule has 158 valence electrons. The maximum Gasteiger partial charge on any atom is 0.338 e. The van der Waals surface area contributed by atoms with E-state index in [0.717, 1.165) is 0 Å². The Morgan fingerprint density at radius 1 is 0.935 bits per heavy atom. The van der Waals surface area contributed by atoms with E-state index >= 15 is 0 Å². The highest BCUT2D eigenvalue weighted by atomic mass is 16.5. The first-order valence-corrected chi connectivity index (χ1v) is 9.97. The summed E-state index contributed by atoms with van der Waals surface area (Å²) in [6, 6.07) is 12.6. The van der Waals surface area contributed by atoms with Gasteiger partial charge in [-0.15, -0.1) is 0 Å². The normalized spacial score (nSPS) is 19.8. The third-order valence-electron chi connectivity index (χ3n) is 5.59. The fourth-order valence-electron chi connectivity index (χ4n) is 3.90. The molecule has 0 saturated carbocycles. The van der Waals surface area contributed by atoms with E-state index in [1.54, 1.807) is 36.4 Å². The van der Waals surface area contributed by atoms with Crippen LogP contribution in [0, 0.1) is 11.8 Å². The van der Waals surface area contributed by atoms with Gasteiger partial charge in [0.15, 0.2) is 12.4 Å². The number of ketones is 1. The van der Waals surface area contributed by atoms with E-state index in [0.29, 0.717) is 29.8 Å². The van der Waals surface area contributed by atoms with Crippen LogP contribution >= 0.6 is 0 Å². The lowest BCUT2D eigenvalue weighted by molar-refractivity contribution is -0.122. The van der Waals surface area contributed by atoms with E-state index in [2.05, 4.69) is 0 Å². The Balaban J connectivity index is 1.40. The van der Waals surface area contributed by atoms with E-state index in [1.165, 1.54) is 24.1 Å². The second-order valence-corrected chi connectivity index (χ2v) is 7.45. The van der Waals surface area contributed by atoms with Crippen LogP contribution < -0.4 is 9.64 Å². The second-order valence-electron chi connectivity index (χ2n) is 7.45. The number of carbonyl (C=O) groups is 4. The van der Waals surface area contributed by atoms with Gasteiger partial charge in [0.25, 0.3) is 0 Å². The molecule has 4 rings (SSSR count). The number of esters is 1. The Morgan fingerprint density at radius 3 is 2.19 bits per heavy atom. The van der Waals surface area contributed by atoms with E-state index in [-0.39, 0.29) is 35.0 Å². The number of hydrogen-bond acceptors (Lipinski definition) is 6. The minimum atomic E-state index is -0.667. The van der Waals surface area contributed by atoms with E-state index < -0.39 is 12.6 Å². The SMILES string of the molecule is COc1cccc(C(=O)COC(=O)c2ccc(N3C(=O)[C@@H]4CC=CC[C@H]4C3=O)cc2)c1. The summed E-state index contributed by atoms with van der Waals surface area (Å²) < 4.78 is 10.2. The predicted octanol–water partition coefficient (Wildman–Crippen LogP) is 3.19. The van der Waals surface area contributed by atoms with Gasteiger partial charge in [-0.3, -0.25) is 19.3 Å². The number of ether oxygens (including phenoxy) is 2. The summed E-state index contributed by atoms with van der Waals surface area (Å²) in [6.07, 6.45) is 5.00. The van der Waals surface area contributed by atoms with Crippen molar-refractivity contribution < 1.29 is 28.7 Å². The largest absolute Gasteiger partial charge is 0.497 e. The molecule has 7 nitrogen and oxygen atoms in total. The van der Waals surface area contributed by atoms with Gasteiger partial charge in [0.1, 0.15) is 5.75 Å². The van der Waals surface area contributed by atoms with Gasteiger partial charge in [0, 0.05) is 5.56 Å². The topological polar surface area (TPSA) is 90.0 Å². The Bertz CT molecular complexity index is 1050. The summed E-state index contributed by atoms with van der Waals surface area (Å²) in [5.41, 5.74) is 1.03. The highest BCUT2D eigenvalue weighted by Gasteiger charge is 2.47. The first-order chi connectivity index (χ1) is 15.0. The molecule has 31 heavy (non-hydrogen) atoms. The molecule has 1 aliphatic carbocycles. The maximum atomic E-state index is 12.7. The van der Waals surface area contributed by atoms with Crippen LogP contribution in [0.4, 0.5) is 5.69 Å². The van der Waals surface area contributed by atoms with Crippen LogP contribution in [0.3, 0.4) is 0 Å². The lowest BCUT2D eigenvalue weighted by atomic mass is 9.85. The van der Waals surface area contributed by atoms with E-state index in [9.17, 15) is 19.2 Å². The van der Waals surface area contributed by atoms with Crippen molar-refractivity contribution in [2.45, 2.75) is 12.8 Å². The van der Waals surface area contributed by atoms with E-state index in [4.69, 9.17) is 9.47 Å². The average Bonchev–Trinajstić information content (AvgIpc) is 3.07. The van der Waals surface area contributed by atoms with Crippen LogP contribution in [-0.4, -0.2) is 37.3 Å². The maximum absolute atomic E-state index is 12.7. The zero-order chi connectivity index (χ0) is 22.0. The number of carbonyl (C=O) groups excluding carboxylic acids is 4. The van der Waals surface area contributed by atoms with Gasteiger partial charge in [-0.1, -0.05) is 24.3 Å². The molecule has 0 radical (unpaired) electrons. The Morgan fingerprint density at radius 2 is 1.58 bits per heavy atom. The third-order valence-corrected chi connectivity index (χ3v) is 5.59. The minimum Gasteiger partial charge on any atom is -0.497 e. The molecule has 0 aromatic heterocycles. The Kier molecular flexibility index (Phi) is 5.66. The van der Waals surface area contributed by atoms with Crippen molar-refractivity contribution in [3.8, 4) is 5.75 Å². The molecule has 0 unspecified atom stereocenters. The molecule has 1 aliphatic heterocycles. The summed E-state index contributed by atoms with van der Waals surface area (Å²) in [4.78, 5) is 51.1. The fourth-order valence-corrected chi connectivity index (χ4v) is 3.90. The van der Waals surface area contributed by atoms with Crippen molar-refractivity contribution in [1.82, 2.24) is 0 Å². The summed E-state index contributed by atoms with van der Waals surface area (Å²) in [7, 11) is 1.50. The Hall–Kier alpha value is -3.74. The molecular weight excluding hydrogens is 398 g/mol. The van der Waals surface area contributed by atoms with Crippen molar-refractivity contribution in [1.29, 1.82) is 0 Å². The number of methoxy groups -OCH3 is 1. The molecular formula is C24H21NO6. The first-order valence-electron chi connectivity index (χ1n) is 9.97. The highest BCUT2D eigenvalue weighted by molar-refractivity contribution is 6.22. The number of amides is 2. The van der Waals surface area contributed by atoms with Gasteiger partial charge in [0.05, 0.1) is 30.2 Å². The molecule has 7 heteroatoms. The number of anilines is 1. The molecule has 0 N–H and O–H groups in total. The van der Waals surface area contributed by atoms with Gasteiger partial charge in [0.2, 0.25) is 11.8 Å². The van der Waals surface area contributed by atoms with E-state index in [1.807, 2.05) is 12.2 Å². The predicted molar refractivity (Wildman–Crippen MR) is 112 cm³/mol. The number of fused-ring (bicyclic) bond motifs is 1. The molecule has 2 atom stereocenters. The van der Waals surface area contributed by atoms with Crippen molar-refractivity contribution >= 4 is 29.3 Å². The molecule has 1 heterocycles. The first kappa shape index (κ1) is 20.5. The van der Waals surface area contributed by atoms with Crippen molar-refractivity contribution in [3.63, 3.8) is 0 Å². The summed E-state index contributed by atoms with van der Waals surface area (Å²) in [6.45, 7) is -0.410. The molecule has 0 spiro atoms. The van der Waals surface area contributed by atoms with Crippen LogP contribution in [0.5, 0.6) is 5.75 Å².